The molecule has 2 aromatic heterocycles. The Morgan fingerprint density at radius 2 is 1.57 bits per heavy atom. The number of nitriles is 1. The molecule has 0 saturated heterocycles. The predicted molar refractivity (Wildman–Crippen MR) is 110 cm³/mol. The van der Waals surface area contributed by atoms with Crippen molar-refractivity contribution >= 4 is 34.3 Å². The molecule has 28 heavy (non-hydrogen) atoms. The van der Waals surface area contributed by atoms with Gasteiger partial charge >= 0.3 is 0 Å². The molecule has 1 aliphatic rings. The Bertz CT molecular complexity index is 1290. The third-order valence-corrected chi connectivity index (χ3v) is 4.91. The minimum absolute atomic E-state index is 0.0861. The number of hydrogen-bond acceptors (Lipinski definition) is 4. The van der Waals surface area contributed by atoms with Crippen LogP contribution < -0.4 is 4.74 Å². The lowest BCUT2D eigenvalue weighted by atomic mass is 10.00. The van der Waals surface area contributed by atoms with Crippen LogP contribution in [-0.4, -0.2) is 9.97 Å². The molecule has 0 atom stereocenters. The Morgan fingerprint density at radius 3 is 2.25 bits per heavy atom. The Balaban J connectivity index is 1.84. The fourth-order valence-electron chi connectivity index (χ4n) is 3.33. The third kappa shape index (κ3) is 2.61. The van der Waals surface area contributed by atoms with Gasteiger partial charge in [-0.15, -0.1) is 0 Å². The number of hydrogen-bond donors (Lipinski definition) is 0. The first kappa shape index (κ1) is 16.5. The first-order valence-corrected chi connectivity index (χ1v) is 9.07. The van der Waals surface area contributed by atoms with Crippen LogP contribution >= 0.6 is 11.6 Å². The number of rotatable bonds is 2. The summed E-state index contributed by atoms with van der Waals surface area (Å²) in [7, 11) is 0. The molecule has 0 aliphatic carbocycles. The van der Waals surface area contributed by atoms with Crippen molar-refractivity contribution in [3.05, 3.63) is 88.6 Å². The van der Waals surface area contributed by atoms with Gasteiger partial charge in [-0.2, -0.15) is 10.2 Å². The molecule has 1 aliphatic heterocycles. The average molecular weight is 382 g/mol. The van der Waals surface area contributed by atoms with Gasteiger partial charge in [0.05, 0.1) is 16.6 Å². The zero-order chi connectivity index (χ0) is 19.1. The van der Waals surface area contributed by atoms with E-state index in [1.807, 2.05) is 72.8 Å². The van der Waals surface area contributed by atoms with Gasteiger partial charge in [0.1, 0.15) is 17.4 Å². The van der Waals surface area contributed by atoms with Crippen LogP contribution in [0.1, 0.15) is 16.7 Å². The van der Waals surface area contributed by atoms with Crippen molar-refractivity contribution in [3.8, 4) is 23.2 Å². The summed E-state index contributed by atoms with van der Waals surface area (Å²) in [5.41, 5.74) is 4.29. The summed E-state index contributed by atoms with van der Waals surface area (Å²) in [6, 6.07) is 23.7. The minimum atomic E-state index is 0.0861. The normalized spacial score (nSPS) is 12.2. The van der Waals surface area contributed by atoms with Crippen molar-refractivity contribution in [2.45, 2.75) is 0 Å². The molecule has 0 amide bonds. The van der Waals surface area contributed by atoms with E-state index in [0.29, 0.717) is 22.5 Å². The molecule has 4 nitrogen and oxygen atoms in total. The second-order valence-electron chi connectivity index (χ2n) is 6.36. The van der Waals surface area contributed by atoms with Crippen LogP contribution in [0, 0.1) is 11.3 Å². The first-order chi connectivity index (χ1) is 13.7. The van der Waals surface area contributed by atoms with E-state index in [0.717, 1.165) is 22.4 Å². The molecule has 0 fully saturated rings. The molecule has 0 bridgehead atoms. The lowest BCUT2D eigenvalue weighted by Gasteiger charge is -2.19. The highest BCUT2D eigenvalue weighted by Gasteiger charge is 2.24. The zero-order valence-corrected chi connectivity index (χ0v) is 15.3. The van der Waals surface area contributed by atoms with Gasteiger partial charge in [-0.1, -0.05) is 72.3 Å². The number of halogens is 1. The first-order valence-electron chi connectivity index (χ1n) is 8.69. The van der Waals surface area contributed by atoms with Crippen molar-refractivity contribution in [1.29, 1.82) is 5.26 Å². The zero-order valence-electron chi connectivity index (χ0n) is 14.6. The highest BCUT2D eigenvalue weighted by Crippen LogP contribution is 2.40. The Kier molecular flexibility index (Phi) is 3.82. The second kappa shape index (κ2) is 6.49. The maximum atomic E-state index is 9.61. The molecule has 0 saturated carbocycles. The number of pyridine rings is 2. The maximum absolute atomic E-state index is 9.61. The summed E-state index contributed by atoms with van der Waals surface area (Å²) in [4.78, 5) is 9.04. The summed E-state index contributed by atoms with van der Waals surface area (Å²) in [5, 5.41) is 10.4. The minimum Gasteiger partial charge on any atom is -0.438 e. The summed E-state index contributed by atoms with van der Waals surface area (Å²) in [6.07, 6.45) is 1.95. The lowest BCUT2D eigenvalue weighted by molar-refractivity contribution is 0.500. The number of ether oxygens (including phenoxy) is 1. The lowest BCUT2D eigenvalue weighted by Crippen LogP contribution is -2.06. The van der Waals surface area contributed by atoms with E-state index in [1.165, 1.54) is 0 Å². The van der Waals surface area contributed by atoms with E-state index in [4.69, 9.17) is 21.3 Å². The van der Waals surface area contributed by atoms with Crippen LogP contribution in [0.25, 0.3) is 34.0 Å². The highest BCUT2D eigenvalue weighted by molar-refractivity contribution is 6.31. The molecule has 5 heteroatoms. The van der Waals surface area contributed by atoms with Crippen LogP contribution in [0.2, 0.25) is 5.15 Å². The molecular weight excluding hydrogens is 370 g/mol. The van der Waals surface area contributed by atoms with E-state index in [2.05, 4.69) is 11.1 Å². The third-order valence-electron chi connectivity index (χ3n) is 4.64. The standard InChI is InChI=1S/C23H12ClN3O/c24-22-17(13-25)21-20-16(11-18(26-21)14-7-3-1-4-8-14)12-19(28-23(20)27-22)15-9-5-2-6-10-15/h1-12H. The van der Waals surface area contributed by atoms with Gasteiger partial charge in [0.15, 0.2) is 5.15 Å². The maximum Gasteiger partial charge on any atom is 0.230 e. The van der Waals surface area contributed by atoms with Crippen molar-refractivity contribution in [2.75, 3.05) is 0 Å². The Labute approximate surface area is 166 Å². The number of benzene rings is 2. The smallest absolute Gasteiger partial charge is 0.230 e. The average Bonchev–Trinajstić information content (AvgIpc) is 2.74. The van der Waals surface area contributed by atoms with Crippen LogP contribution in [0.3, 0.4) is 0 Å². The van der Waals surface area contributed by atoms with Gasteiger partial charge in [-0.05, 0) is 17.7 Å². The van der Waals surface area contributed by atoms with Gasteiger partial charge in [0.25, 0.3) is 0 Å². The molecule has 0 radical (unpaired) electrons. The van der Waals surface area contributed by atoms with Crippen molar-refractivity contribution in [2.24, 2.45) is 0 Å². The van der Waals surface area contributed by atoms with Crippen molar-refractivity contribution < 1.29 is 4.74 Å². The predicted octanol–water partition coefficient (Wildman–Crippen LogP) is 5.71. The van der Waals surface area contributed by atoms with E-state index in [1.54, 1.807) is 0 Å². The van der Waals surface area contributed by atoms with E-state index < -0.39 is 0 Å². The van der Waals surface area contributed by atoms with Gasteiger partial charge in [0, 0.05) is 11.1 Å². The van der Waals surface area contributed by atoms with Crippen LogP contribution in [0.4, 0.5) is 0 Å². The van der Waals surface area contributed by atoms with E-state index in [-0.39, 0.29) is 10.7 Å². The van der Waals surface area contributed by atoms with E-state index in [9.17, 15) is 5.26 Å². The van der Waals surface area contributed by atoms with Crippen molar-refractivity contribution in [3.63, 3.8) is 0 Å². The molecule has 2 aromatic carbocycles. The van der Waals surface area contributed by atoms with Gasteiger partial charge in [-0.3, -0.25) is 0 Å². The molecule has 0 unspecified atom stereocenters. The molecule has 0 spiro atoms. The fourth-order valence-corrected chi connectivity index (χ4v) is 3.54. The second-order valence-corrected chi connectivity index (χ2v) is 6.72. The number of nitrogens with zero attached hydrogens (tertiary/aromatic N) is 3. The summed E-state index contributed by atoms with van der Waals surface area (Å²) < 4.78 is 6.03. The van der Waals surface area contributed by atoms with Gasteiger partial charge < -0.3 is 4.74 Å². The van der Waals surface area contributed by atoms with Gasteiger partial charge in [-0.25, -0.2) is 4.98 Å². The highest BCUT2D eigenvalue weighted by atomic mass is 35.5. The molecule has 3 heterocycles. The Hall–Kier alpha value is -3.68. The van der Waals surface area contributed by atoms with Crippen molar-refractivity contribution in [1.82, 2.24) is 9.97 Å². The van der Waals surface area contributed by atoms with Gasteiger partial charge in [0.2, 0.25) is 5.88 Å². The monoisotopic (exact) mass is 381 g/mol. The Morgan fingerprint density at radius 1 is 0.893 bits per heavy atom. The van der Waals surface area contributed by atoms with E-state index >= 15 is 0 Å². The molecular formula is C23H12ClN3O. The molecule has 0 N–H and O–H groups in total. The largest absolute Gasteiger partial charge is 0.438 e. The number of aromatic nitrogens is 2. The van der Waals surface area contributed by atoms with Crippen LogP contribution in [0.15, 0.2) is 66.7 Å². The fraction of sp³-hybridized carbons (Fsp3) is 0. The molecule has 132 valence electrons. The topological polar surface area (TPSA) is 58.8 Å². The van der Waals surface area contributed by atoms with Crippen LogP contribution in [-0.2, 0) is 0 Å². The summed E-state index contributed by atoms with van der Waals surface area (Å²) in [6.45, 7) is 0. The summed E-state index contributed by atoms with van der Waals surface area (Å²) in [5.74, 6) is 1.04. The molecule has 4 aromatic rings. The quantitative estimate of drug-likeness (QED) is 0.417. The summed E-state index contributed by atoms with van der Waals surface area (Å²) >= 11 is 6.28. The molecule has 5 rings (SSSR count). The SMILES string of the molecule is N#Cc1c(Cl)nc2c3c(cc(-c4ccccc4)nc13)C=C(c1ccccc1)O2. The van der Waals surface area contributed by atoms with Crippen LogP contribution in [0.5, 0.6) is 5.88 Å².